The molecule has 0 aliphatic rings. The maximum absolute atomic E-state index is 12.5. The van der Waals surface area contributed by atoms with Crippen molar-refractivity contribution in [1.82, 2.24) is 0 Å². The predicted octanol–water partition coefficient (Wildman–Crippen LogP) is 12.4. The van der Waals surface area contributed by atoms with Gasteiger partial charge in [-0.1, -0.05) is 58.4 Å². The number of aryl methyl sites for hydroxylation is 2. The first-order chi connectivity index (χ1) is 22.4. The van der Waals surface area contributed by atoms with Gasteiger partial charge in [-0.25, -0.2) is 9.59 Å². The van der Waals surface area contributed by atoms with E-state index in [1.807, 2.05) is 40.1 Å². The number of thiophene rings is 4. The van der Waals surface area contributed by atoms with Crippen LogP contribution in [0.25, 0.3) is 40.4 Å². The van der Waals surface area contributed by atoms with Gasteiger partial charge in [0.15, 0.2) is 0 Å². The Kier molecular flexibility index (Phi) is 12.4. The summed E-state index contributed by atoms with van der Waals surface area (Å²) < 4.78 is 9.85. The topological polar surface area (TPSA) is 52.6 Å². The Hall–Kier alpha value is -3.04. The van der Waals surface area contributed by atoms with Crippen LogP contribution < -0.4 is 0 Å². The zero-order valence-corrected chi connectivity index (χ0v) is 30.4. The average Bonchev–Trinajstić information content (AvgIpc) is 3.90. The van der Waals surface area contributed by atoms with E-state index in [9.17, 15) is 9.59 Å². The van der Waals surface area contributed by atoms with Gasteiger partial charge in [0.05, 0.1) is 30.2 Å². The van der Waals surface area contributed by atoms with Crippen LogP contribution in [0.3, 0.4) is 0 Å². The van der Waals surface area contributed by atoms with Gasteiger partial charge in [0.25, 0.3) is 0 Å². The summed E-state index contributed by atoms with van der Waals surface area (Å²) in [5.74, 6) is -1.12. The van der Waals surface area contributed by atoms with Crippen LogP contribution in [0, 0.1) is 0 Å². The zero-order valence-electron chi connectivity index (χ0n) is 27.1. The van der Waals surface area contributed by atoms with Gasteiger partial charge in [0, 0.05) is 39.7 Å². The third kappa shape index (κ3) is 8.26. The molecule has 0 spiro atoms. The fourth-order valence-electron chi connectivity index (χ4n) is 5.51. The van der Waals surface area contributed by atoms with E-state index in [1.165, 1.54) is 105 Å². The molecule has 4 heterocycles. The van der Waals surface area contributed by atoms with E-state index >= 15 is 0 Å². The van der Waals surface area contributed by atoms with E-state index in [-0.39, 0.29) is 11.1 Å². The Morgan fingerprint density at radius 1 is 0.543 bits per heavy atom. The molecule has 0 amide bonds. The summed E-state index contributed by atoms with van der Waals surface area (Å²) in [5, 5.41) is 0. The highest BCUT2D eigenvalue weighted by molar-refractivity contribution is 7.28. The smallest absolute Gasteiger partial charge is 0.338 e. The number of benzene rings is 1. The number of ether oxygens (including phenoxy) is 2. The molecule has 5 aromatic rings. The number of rotatable bonds is 16. The van der Waals surface area contributed by atoms with Gasteiger partial charge in [-0.15, -0.1) is 45.3 Å². The molecular weight excluding hydrogens is 649 g/mol. The monoisotopic (exact) mass is 690 g/mol. The lowest BCUT2D eigenvalue weighted by atomic mass is 10.0. The van der Waals surface area contributed by atoms with Crippen molar-refractivity contribution in [2.24, 2.45) is 0 Å². The molecule has 5 rings (SSSR count). The molecule has 0 unspecified atom stereocenters. The highest BCUT2D eigenvalue weighted by Gasteiger charge is 2.21. The van der Waals surface area contributed by atoms with Crippen molar-refractivity contribution in [2.75, 3.05) is 14.2 Å². The molecule has 0 saturated carbocycles. The number of carbonyl (C=O) groups excluding carboxylic acids is 2. The molecule has 1 aromatic carbocycles. The zero-order chi connectivity index (χ0) is 32.5. The van der Waals surface area contributed by atoms with Gasteiger partial charge in [0.1, 0.15) is 0 Å². The van der Waals surface area contributed by atoms with Crippen LogP contribution in [0.2, 0.25) is 0 Å². The maximum Gasteiger partial charge on any atom is 0.338 e. The quantitative estimate of drug-likeness (QED) is 0.0764. The van der Waals surface area contributed by atoms with Crippen LogP contribution in [0.15, 0.2) is 60.7 Å². The standard InChI is InChI=1S/C38H42O4S4/c1-5-7-9-11-13-26-16-19-32(43-26)30-24-35(46-36(30)34-20-17-27(44-34)14-12-10-8-6-2)33-22-21-31(45-33)25-15-18-28(37(39)41-3)29(23-25)38(40)42-4/h15-24H,5-14H2,1-4H3. The Labute approximate surface area is 289 Å². The normalized spacial score (nSPS) is 11.2. The Bertz CT molecular complexity index is 1680. The van der Waals surface area contributed by atoms with Gasteiger partial charge in [0.2, 0.25) is 0 Å². The number of esters is 2. The highest BCUT2D eigenvalue weighted by atomic mass is 32.1. The minimum absolute atomic E-state index is 0.198. The van der Waals surface area contributed by atoms with Crippen molar-refractivity contribution < 1.29 is 19.1 Å². The Morgan fingerprint density at radius 2 is 1.13 bits per heavy atom. The van der Waals surface area contributed by atoms with Gasteiger partial charge in [-0.3, -0.25) is 0 Å². The van der Waals surface area contributed by atoms with Crippen molar-refractivity contribution >= 4 is 57.3 Å². The number of unbranched alkanes of at least 4 members (excludes halogenated alkanes) is 6. The molecule has 242 valence electrons. The number of methoxy groups -OCH3 is 2. The second-order valence-corrected chi connectivity index (χ2v) is 15.9. The second-order valence-electron chi connectivity index (χ2n) is 11.4. The van der Waals surface area contributed by atoms with Crippen LogP contribution in [0.5, 0.6) is 0 Å². The van der Waals surface area contributed by atoms with Crippen LogP contribution >= 0.6 is 45.3 Å². The van der Waals surface area contributed by atoms with Crippen LogP contribution in [0.4, 0.5) is 0 Å². The molecule has 46 heavy (non-hydrogen) atoms. The lowest BCUT2D eigenvalue weighted by Crippen LogP contribution is -2.11. The summed E-state index contributed by atoms with van der Waals surface area (Å²) in [4.78, 5) is 35.2. The van der Waals surface area contributed by atoms with E-state index in [1.54, 1.807) is 23.5 Å². The van der Waals surface area contributed by atoms with Crippen molar-refractivity contribution in [3.63, 3.8) is 0 Å². The van der Waals surface area contributed by atoms with Crippen LogP contribution in [0.1, 0.15) is 95.7 Å². The molecular formula is C38H42O4S4. The summed E-state index contributed by atoms with van der Waals surface area (Å²) in [6, 6.07) is 21.1. The predicted molar refractivity (Wildman–Crippen MR) is 198 cm³/mol. The third-order valence-corrected chi connectivity index (χ3v) is 13.0. The molecule has 0 bridgehead atoms. The molecule has 0 N–H and O–H groups in total. The number of hydrogen-bond donors (Lipinski definition) is 0. The third-order valence-electron chi connectivity index (χ3n) is 8.06. The number of hydrogen-bond acceptors (Lipinski definition) is 8. The first kappa shape index (κ1) is 34.3. The summed E-state index contributed by atoms with van der Waals surface area (Å²) in [7, 11) is 2.62. The molecule has 8 heteroatoms. The van der Waals surface area contributed by atoms with E-state index in [0.717, 1.165) is 23.3 Å². The summed E-state index contributed by atoms with van der Waals surface area (Å²) in [6.07, 6.45) is 12.5. The summed E-state index contributed by atoms with van der Waals surface area (Å²) in [6.45, 7) is 4.52. The molecule has 0 fully saturated rings. The summed E-state index contributed by atoms with van der Waals surface area (Å²) >= 11 is 7.42. The molecule has 0 atom stereocenters. The van der Waals surface area contributed by atoms with E-state index < -0.39 is 11.9 Å². The SMILES string of the molecule is CCCCCCc1ccc(-c2cc(-c3ccc(-c4ccc(C(=O)OC)c(C(=O)OC)c4)s3)sc2-c2ccc(CCCCCC)s2)s1. The van der Waals surface area contributed by atoms with Gasteiger partial charge in [-0.2, -0.15) is 0 Å². The summed E-state index contributed by atoms with van der Waals surface area (Å²) in [5.41, 5.74) is 2.57. The molecule has 0 aliphatic heterocycles. The van der Waals surface area contributed by atoms with Gasteiger partial charge < -0.3 is 9.47 Å². The van der Waals surface area contributed by atoms with E-state index in [4.69, 9.17) is 9.47 Å². The van der Waals surface area contributed by atoms with Crippen molar-refractivity contribution in [1.29, 1.82) is 0 Å². The highest BCUT2D eigenvalue weighted by Crippen LogP contribution is 2.49. The van der Waals surface area contributed by atoms with Crippen LogP contribution in [-0.2, 0) is 22.3 Å². The van der Waals surface area contributed by atoms with Crippen molar-refractivity contribution in [3.05, 3.63) is 81.5 Å². The molecule has 0 radical (unpaired) electrons. The average molecular weight is 691 g/mol. The molecule has 0 saturated heterocycles. The van der Waals surface area contributed by atoms with Crippen molar-refractivity contribution in [3.8, 4) is 40.4 Å². The first-order valence-electron chi connectivity index (χ1n) is 16.2. The maximum atomic E-state index is 12.5. The lowest BCUT2D eigenvalue weighted by molar-refractivity contribution is 0.0555. The largest absolute Gasteiger partial charge is 0.465 e. The number of carbonyl (C=O) groups is 2. The Balaban J connectivity index is 1.47. The molecule has 4 nitrogen and oxygen atoms in total. The fourth-order valence-corrected chi connectivity index (χ4v) is 10.1. The molecule has 0 aliphatic carbocycles. The van der Waals surface area contributed by atoms with Gasteiger partial charge in [-0.05, 0) is 85.8 Å². The van der Waals surface area contributed by atoms with E-state index in [0.29, 0.717) is 0 Å². The fraction of sp³-hybridized carbons (Fsp3) is 0.368. The minimum atomic E-state index is -0.562. The van der Waals surface area contributed by atoms with Crippen molar-refractivity contribution in [2.45, 2.75) is 78.1 Å². The van der Waals surface area contributed by atoms with E-state index in [2.05, 4.69) is 56.3 Å². The Morgan fingerprint density at radius 3 is 1.78 bits per heavy atom. The van der Waals surface area contributed by atoms with Crippen LogP contribution in [-0.4, -0.2) is 26.2 Å². The second kappa shape index (κ2) is 16.7. The molecule has 4 aromatic heterocycles. The van der Waals surface area contributed by atoms with Gasteiger partial charge >= 0.3 is 11.9 Å². The minimum Gasteiger partial charge on any atom is -0.465 e. The first-order valence-corrected chi connectivity index (χ1v) is 19.5. The lowest BCUT2D eigenvalue weighted by Gasteiger charge is -2.08.